The number of carbonyl (C=O) groups is 1. The summed E-state index contributed by atoms with van der Waals surface area (Å²) < 4.78 is 13.2. The molecule has 6 heteroatoms. The number of H-pyrrole nitrogens is 1. The maximum atomic E-state index is 12.8. The van der Waals surface area contributed by atoms with Crippen molar-refractivity contribution in [3.8, 4) is 10.4 Å². The summed E-state index contributed by atoms with van der Waals surface area (Å²) in [6.45, 7) is 0. The third-order valence-corrected chi connectivity index (χ3v) is 3.29. The van der Waals surface area contributed by atoms with E-state index in [0.717, 1.165) is 0 Å². The van der Waals surface area contributed by atoms with Crippen molar-refractivity contribution in [1.29, 1.82) is 0 Å². The molecule has 3 N–H and O–H groups in total. The highest BCUT2D eigenvalue weighted by Crippen LogP contribution is 2.28. The largest absolute Gasteiger partial charge is 0.364 e. The van der Waals surface area contributed by atoms with Crippen molar-refractivity contribution in [2.45, 2.75) is 0 Å². The fraction of sp³-hybridized carbons (Fsp3) is 0. The first kappa shape index (κ1) is 11.0. The standard InChI is InChI=1S/C10H7FN2OS2/c11-6-3-1-5(2-4-6)8-7(9(12)14)13-10(15)16-8/h1-4H,(H2,12,14)(H,13,15). The van der Waals surface area contributed by atoms with Gasteiger partial charge in [0.05, 0.1) is 4.88 Å². The number of thiazole rings is 1. The van der Waals surface area contributed by atoms with Crippen LogP contribution in [0, 0.1) is 9.77 Å². The lowest BCUT2D eigenvalue weighted by molar-refractivity contribution is 0.0997. The average molecular weight is 254 g/mol. The van der Waals surface area contributed by atoms with Gasteiger partial charge in [-0.05, 0) is 29.9 Å². The molecule has 3 nitrogen and oxygen atoms in total. The summed E-state index contributed by atoms with van der Waals surface area (Å²) in [6.07, 6.45) is 0. The van der Waals surface area contributed by atoms with Crippen molar-refractivity contribution in [2.75, 3.05) is 0 Å². The number of amides is 1. The Kier molecular flexibility index (Phi) is 2.84. The molecule has 1 aromatic carbocycles. The number of nitrogens with one attached hydrogen (secondary N) is 1. The quantitative estimate of drug-likeness (QED) is 0.809. The van der Waals surface area contributed by atoms with Crippen molar-refractivity contribution in [1.82, 2.24) is 4.98 Å². The van der Waals surface area contributed by atoms with Crippen LogP contribution in [0.4, 0.5) is 4.39 Å². The molecule has 0 fully saturated rings. The number of carbonyl (C=O) groups excluding carboxylic acids is 1. The molecule has 0 atom stereocenters. The SMILES string of the molecule is NC(=O)c1[nH]c(=S)sc1-c1ccc(F)cc1. The monoisotopic (exact) mass is 254 g/mol. The summed E-state index contributed by atoms with van der Waals surface area (Å²) in [5.41, 5.74) is 6.19. The zero-order chi connectivity index (χ0) is 11.7. The molecule has 0 radical (unpaired) electrons. The zero-order valence-corrected chi connectivity index (χ0v) is 9.62. The van der Waals surface area contributed by atoms with Crippen LogP contribution in [-0.4, -0.2) is 10.9 Å². The molecule has 1 amide bonds. The molecule has 0 aliphatic heterocycles. The molecule has 16 heavy (non-hydrogen) atoms. The van der Waals surface area contributed by atoms with E-state index in [0.29, 0.717) is 14.4 Å². The summed E-state index contributed by atoms with van der Waals surface area (Å²) in [5.74, 6) is -0.907. The average Bonchev–Trinajstić information content (AvgIpc) is 2.61. The molecule has 2 aromatic rings. The number of aromatic nitrogens is 1. The fourth-order valence-electron chi connectivity index (χ4n) is 1.31. The number of nitrogens with two attached hydrogens (primary N) is 1. The van der Waals surface area contributed by atoms with E-state index in [1.54, 1.807) is 12.1 Å². The van der Waals surface area contributed by atoms with Crippen molar-refractivity contribution in [3.63, 3.8) is 0 Å². The minimum absolute atomic E-state index is 0.265. The van der Waals surface area contributed by atoms with E-state index in [9.17, 15) is 9.18 Å². The molecule has 0 saturated heterocycles. The van der Waals surface area contributed by atoms with Gasteiger partial charge < -0.3 is 10.7 Å². The molecular weight excluding hydrogens is 247 g/mol. The van der Waals surface area contributed by atoms with E-state index in [1.807, 2.05) is 0 Å². The molecule has 0 aliphatic carbocycles. The van der Waals surface area contributed by atoms with E-state index in [4.69, 9.17) is 18.0 Å². The van der Waals surface area contributed by atoms with Gasteiger partial charge >= 0.3 is 0 Å². The molecule has 2 rings (SSSR count). The lowest BCUT2D eigenvalue weighted by Crippen LogP contribution is -2.12. The van der Waals surface area contributed by atoms with Gasteiger partial charge in [-0.15, -0.1) is 11.3 Å². The van der Waals surface area contributed by atoms with E-state index in [-0.39, 0.29) is 11.5 Å². The van der Waals surface area contributed by atoms with Gasteiger partial charge in [-0.3, -0.25) is 4.79 Å². The smallest absolute Gasteiger partial charge is 0.266 e. The van der Waals surface area contributed by atoms with Crippen molar-refractivity contribution in [3.05, 3.63) is 39.7 Å². The Morgan fingerprint density at radius 1 is 1.38 bits per heavy atom. The van der Waals surface area contributed by atoms with Gasteiger partial charge in [0.15, 0.2) is 3.95 Å². The van der Waals surface area contributed by atoms with E-state index >= 15 is 0 Å². The number of primary amides is 1. The fourth-order valence-corrected chi connectivity index (χ4v) is 2.50. The second kappa shape index (κ2) is 4.15. The minimum atomic E-state index is -0.577. The van der Waals surface area contributed by atoms with Crippen molar-refractivity contribution < 1.29 is 9.18 Å². The van der Waals surface area contributed by atoms with Crippen LogP contribution in [0.25, 0.3) is 10.4 Å². The van der Waals surface area contributed by atoms with E-state index < -0.39 is 5.91 Å². The minimum Gasteiger partial charge on any atom is -0.364 e. The second-order valence-electron chi connectivity index (χ2n) is 3.09. The Bertz CT molecular complexity index is 586. The van der Waals surface area contributed by atoms with Gasteiger partial charge in [0.1, 0.15) is 11.5 Å². The summed E-state index contributed by atoms with van der Waals surface area (Å²) >= 11 is 6.18. The molecule has 1 aromatic heterocycles. The molecule has 0 saturated carbocycles. The highest BCUT2D eigenvalue weighted by atomic mass is 32.1. The highest BCUT2D eigenvalue weighted by molar-refractivity contribution is 7.73. The summed E-state index contributed by atoms with van der Waals surface area (Å²) in [5, 5.41) is 0. The molecule has 0 spiro atoms. The van der Waals surface area contributed by atoms with Crippen LogP contribution in [0.1, 0.15) is 10.5 Å². The van der Waals surface area contributed by atoms with Gasteiger partial charge in [-0.1, -0.05) is 12.1 Å². The van der Waals surface area contributed by atoms with Gasteiger partial charge in [0.2, 0.25) is 0 Å². The van der Waals surface area contributed by atoms with Crippen LogP contribution in [0.15, 0.2) is 24.3 Å². The Morgan fingerprint density at radius 3 is 2.56 bits per heavy atom. The Hall–Kier alpha value is -1.53. The topological polar surface area (TPSA) is 58.9 Å². The Labute approximate surface area is 99.7 Å². The first-order chi connectivity index (χ1) is 7.58. The molecule has 0 unspecified atom stereocenters. The van der Waals surface area contributed by atoms with E-state index in [2.05, 4.69) is 4.98 Å². The van der Waals surface area contributed by atoms with Gasteiger partial charge in [-0.2, -0.15) is 0 Å². The van der Waals surface area contributed by atoms with Crippen LogP contribution < -0.4 is 5.73 Å². The second-order valence-corrected chi connectivity index (χ2v) is 4.78. The van der Waals surface area contributed by atoms with Crippen LogP contribution in [0.3, 0.4) is 0 Å². The molecule has 0 bridgehead atoms. The van der Waals surface area contributed by atoms with Crippen LogP contribution in [0.2, 0.25) is 0 Å². The molecule has 1 heterocycles. The van der Waals surface area contributed by atoms with E-state index in [1.165, 1.54) is 23.5 Å². The molecule has 0 aliphatic rings. The Morgan fingerprint density at radius 2 is 2.00 bits per heavy atom. The lowest BCUT2D eigenvalue weighted by Gasteiger charge is -1.99. The van der Waals surface area contributed by atoms with Gasteiger partial charge in [0.25, 0.3) is 5.91 Å². The van der Waals surface area contributed by atoms with Crippen LogP contribution in [-0.2, 0) is 0 Å². The molecular formula is C10H7FN2OS2. The predicted octanol–water partition coefficient (Wildman–Crippen LogP) is 2.71. The number of benzene rings is 1. The highest BCUT2D eigenvalue weighted by Gasteiger charge is 2.13. The number of rotatable bonds is 2. The predicted molar refractivity (Wildman–Crippen MR) is 63.4 cm³/mol. The van der Waals surface area contributed by atoms with Crippen molar-refractivity contribution in [2.24, 2.45) is 5.73 Å². The normalized spacial score (nSPS) is 10.3. The van der Waals surface area contributed by atoms with Gasteiger partial charge in [-0.25, -0.2) is 4.39 Å². The first-order valence-electron chi connectivity index (χ1n) is 4.37. The number of hydrogen-bond donors (Lipinski definition) is 2. The molecule has 82 valence electrons. The third kappa shape index (κ3) is 2.02. The van der Waals surface area contributed by atoms with Gasteiger partial charge in [0, 0.05) is 0 Å². The van der Waals surface area contributed by atoms with Crippen LogP contribution in [0.5, 0.6) is 0 Å². The Balaban J connectivity index is 2.59. The number of halogens is 1. The first-order valence-corrected chi connectivity index (χ1v) is 5.59. The number of aromatic amines is 1. The summed E-state index contributed by atoms with van der Waals surface area (Å²) in [7, 11) is 0. The van der Waals surface area contributed by atoms with Crippen molar-refractivity contribution >= 4 is 29.5 Å². The maximum Gasteiger partial charge on any atom is 0.266 e. The summed E-state index contributed by atoms with van der Waals surface area (Å²) in [6, 6.07) is 5.80. The zero-order valence-electron chi connectivity index (χ0n) is 7.99. The summed E-state index contributed by atoms with van der Waals surface area (Å²) in [4.78, 5) is 14.5. The maximum absolute atomic E-state index is 12.8. The third-order valence-electron chi connectivity index (χ3n) is 2.00. The number of hydrogen-bond acceptors (Lipinski definition) is 3. The lowest BCUT2D eigenvalue weighted by atomic mass is 10.1. The van der Waals surface area contributed by atoms with Crippen LogP contribution >= 0.6 is 23.6 Å².